The Morgan fingerprint density at radius 1 is 1.00 bits per heavy atom. The Balaban J connectivity index is 1.76. The Hall–Kier alpha value is -3.40. The molecule has 0 bridgehead atoms. The van der Waals surface area contributed by atoms with Gasteiger partial charge in [0.1, 0.15) is 5.82 Å². The van der Waals surface area contributed by atoms with Crippen LogP contribution >= 0.6 is 0 Å². The van der Waals surface area contributed by atoms with E-state index >= 15 is 0 Å². The SMILES string of the molecule is C=C1CN/C(=C\C(=O)c2ccccc2)c2ccc(-c3ccc(F)cc3)n21. The molecule has 0 radical (unpaired) electrons. The van der Waals surface area contributed by atoms with Crippen LogP contribution in [0, 0.1) is 5.82 Å². The van der Waals surface area contributed by atoms with Crippen LogP contribution in [0.1, 0.15) is 16.1 Å². The Labute approximate surface area is 151 Å². The largest absolute Gasteiger partial charge is 0.378 e. The van der Waals surface area contributed by atoms with Gasteiger partial charge in [-0.25, -0.2) is 4.39 Å². The van der Waals surface area contributed by atoms with E-state index in [0.717, 1.165) is 28.3 Å². The molecule has 0 amide bonds. The smallest absolute Gasteiger partial charge is 0.187 e. The van der Waals surface area contributed by atoms with Crippen LogP contribution in [0.5, 0.6) is 0 Å². The van der Waals surface area contributed by atoms with Gasteiger partial charge in [-0.2, -0.15) is 0 Å². The van der Waals surface area contributed by atoms with Gasteiger partial charge in [-0.1, -0.05) is 36.9 Å². The third-order valence-corrected chi connectivity index (χ3v) is 4.43. The van der Waals surface area contributed by atoms with Crippen molar-refractivity contribution in [1.82, 2.24) is 9.88 Å². The first-order valence-corrected chi connectivity index (χ1v) is 8.34. The minimum atomic E-state index is -0.270. The van der Waals surface area contributed by atoms with Crippen molar-refractivity contribution >= 4 is 17.2 Å². The number of benzene rings is 2. The van der Waals surface area contributed by atoms with E-state index in [-0.39, 0.29) is 11.6 Å². The third kappa shape index (κ3) is 2.86. The predicted octanol–water partition coefficient (Wildman–Crippen LogP) is 4.59. The maximum Gasteiger partial charge on any atom is 0.187 e. The van der Waals surface area contributed by atoms with E-state index < -0.39 is 0 Å². The molecule has 128 valence electrons. The highest BCUT2D eigenvalue weighted by molar-refractivity contribution is 6.08. The summed E-state index contributed by atoms with van der Waals surface area (Å²) in [5.74, 6) is -0.328. The zero-order chi connectivity index (χ0) is 18.1. The number of carbonyl (C=O) groups is 1. The van der Waals surface area contributed by atoms with Gasteiger partial charge >= 0.3 is 0 Å². The van der Waals surface area contributed by atoms with Crippen LogP contribution in [0.3, 0.4) is 0 Å². The van der Waals surface area contributed by atoms with Crippen LogP contribution in [-0.2, 0) is 0 Å². The van der Waals surface area contributed by atoms with E-state index in [1.807, 2.05) is 34.9 Å². The molecule has 0 fully saturated rings. The molecule has 4 heteroatoms. The fraction of sp³-hybridized carbons (Fsp3) is 0.0455. The fourth-order valence-corrected chi connectivity index (χ4v) is 3.14. The van der Waals surface area contributed by atoms with E-state index in [9.17, 15) is 9.18 Å². The highest BCUT2D eigenvalue weighted by Crippen LogP contribution is 2.31. The molecule has 1 N–H and O–H groups in total. The summed E-state index contributed by atoms with van der Waals surface area (Å²) in [6, 6.07) is 19.4. The molecule has 26 heavy (non-hydrogen) atoms. The molecule has 4 rings (SSSR count). The van der Waals surface area contributed by atoms with Crippen molar-refractivity contribution in [2.45, 2.75) is 0 Å². The van der Waals surface area contributed by atoms with Gasteiger partial charge in [0, 0.05) is 17.3 Å². The first kappa shape index (κ1) is 16.1. The summed E-state index contributed by atoms with van der Waals surface area (Å²) in [4.78, 5) is 12.5. The number of carbonyl (C=O) groups excluding carboxylic acids is 1. The van der Waals surface area contributed by atoms with E-state index in [4.69, 9.17) is 0 Å². The van der Waals surface area contributed by atoms with E-state index in [0.29, 0.717) is 12.1 Å². The first-order valence-electron chi connectivity index (χ1n) is 8.34. The summed E-state index contributed by atoms with van der Waals surface area (Å²) in [6.07, 6.45) is 1.61. The van der Waals surface area contributed by atoms with Crippen molar-refractivity contribution in [2.75, 3.05) is 6.54 Å². The van der Waals surface area contributed by atoms with Crippen LogP contribution < -0.4 is 5.32 Å². The molecule has 0 atom stereocenters. The van der Waals surface area contributed by atoms with Crippen LogP contribution in [0.2, 0.25) is 0 Å². The van der Waals surface area contributed by atoms with Crippen LogP contribution in [-0.4, -0.2) is 16.9 Å². The van der Waals surface area contributed by atoms with Crippen molar-refractivity contribution in [3.63, 3.8) is 0 Å². The monoisotopic (exact) mass is 344 g/mol. The maximum absolute atomic E-state index is 13.2. The lowest BCUT2D eigenvalue weighted by molar-refractivity contribution is 0.104. The number of rotatable bonds is 3. The molecule has 3 nitrogen and oxygen atoms in total. The molecule has 0 spiro atoms. The molecule has 0 saturated heterocycles. The summed E-state index contributed by atoms with van der Waals surface area (Å²) in [5, 5.41) is 3.26. The number of aromatic nitrogens is 1. The second-order valence-corrected chi connectivity index (χ2v) is 6.15. The Bertz CT molecular complexity index is 1010. The quantitative estimate of drug-likeness (QED) is 0.557. The first-order chi connectivity index (χ1) is 12.6. The molecule has 1 aliphatic rings. The van der Waals surface area contributed by atoms with Crippen molar-refractivity contribution in [2.24, 2.45) is 0 Å². The average Bonchev–Trinajstić information content (AvgIpc) is 3.11. The van der Waals surface area contributed by atoms with Crippen molar-refractivity contribution < 1.29 is 9.18 Å². The van der Waals surface area contributed by atoms with Gasteiger partial charge in [-0.15, -0.1) is 0 Å². The topological polar surface area (TPSA) is 34.0 Å². The number of fused-ring (bicyclic) bond motifs is 1. The molecule has 1 aromatic heterocycles. The standard InChI is InChI=1S/C22H17FN2O/c1-15-14-24-19(13-22(26)17-5-3-2-4-6-17)21-12-11-20(25(15)21)16-7-9-18(23)10-8-16/h2-13,24H,1,14H2/b19-13-. The predicted molar refractivity (Wildman–Crippen MR) is 102 cm³/mol. The molecule has 0 aliphatic carbocycles. The molecule has 0 saturated carbocycles. The van der Waals surface area contributed by atoms with Gasteiger partial charge in [-0.3, -0.25) is 4.79 Å². The van der Waals surface area contributed by atoms with E-state index in [1.165, 1.54) is 12.1 Å². The fourth-order valence-electron chi connectivity index (χ4n) is 3.14. The number of allylic oxidation sites excluding steroid dienone is 1. The molecular weight excluding hydrogens is 327 g/mol. The Morgan fingerprint density at radius 3 is 2.42 bits per heavy atom. The summed E-state index contributed by atoms with van der Waals surface area (Å²) >= 11 is 0. The van der Waals surface area contributed by atoms with Gasteiger partial charge in [-0.05, 0) is 42.0 Å². The highest BCUT2D eigenvalue weighted by Gasteiger charge is 2.21. The van der Waals surface area contributed by atoms with Crippen LogP contribution in [0.25, 0.3) is 22.7 Å². The lowest BCUT2D eigenvalue weighted by atomic mass is 10.1. The number of halogens is 1. The molecule has 2 heterocycles. The number of hydrogen-bond acceptors (Lipinski definition) is 2. The third-order valence-electron chi connectivity index (χ3n) is 4.43. The zero-order valence-corrected chi connectivity index (χ0v) is 14.1. The molecule has 0 unspecified atom stereocenters. The van der Waals surface area contributed by atoms with Crippen molar-refractivity contribution in [3.05, 3.63) is 96.5 Å². The van der Waals surface area contributed by atoms with Crippen LogP contribution in [0.15, 0.2) is 79.4 Å². The van der Waals surface area contributed by atoms with Crippen molar-refractivity contribution in [1.29, 1.82) is 0 Å². The van der Waals surface area contributed by atoms with Gasteiger partial charge in [0.05, 0.1) is 23.6 Å². The summed E-state index contributed by atoms with van der Waals surface area (Å²) < 4.78 is 15.2. The lowest BCUT2D eigenvalue weighted by Crippen LogP contribution is -2.26. The molecular formula is C22H17FN2O. The number of hydrogen-bond donors (Lipinski definition) is 1. The van der Waals surface area contributed by atoms with E-state index in [1.54, 1.807) is 30.3 Å². The molecule has 3 aromatic rings. The van der Waals surface area contributed by atoms with Gasteiger partial charge in [0.2, 0.25) is 0 Å². The molecule has 1 aliphatic heterocycles. The van der Waals surface area contributed by atoms with E-state index in [2.05, 4.69) is 11.9 Å². The summed E-state index contributed by atoms with van der Waals surface area (Å²) in [6.45, 7) is 4.65. The Kier molecular flexibility index (Phi) is 4.01. The highest BCUT2D eigenvalue weighted by atomic mass is 19.1. The van der Waals surface area contributed by atoms with Gasteiger partial charge < -0.3 is 9.88 Å². The maximum atomic E-state index is 13.2. The van der Waals surface area contributed by atoms with Crippen molar-refractivity contribution in [3.8, 4) is 11.3 Å². The number of nitrogens with one attached hydrogen (secondary N) is 1. The summed E-state index contributed by atoms with van der Waals surface area (Å²) in [7, 11) is 0. The second kappa shape index (κ2) is 6.48. The number of ketones is 1. The average molecular weight is 344 g/mol. The minimum Gasteiger partial charge on any atom is -0.378 e. The van der Waals surface area contributed by atoms with Gasteiger partial charge in [0.15, 0.2) is 5.78 Å². The Morgan fingerprint density at radius 2 is 1.69 bits per heavy atom. The van der Waals surface area contributed by atoms with Gasteiger partial charge in [0.25, 0.3) is 0 Å². The lowest BCUT2D eigenvalue weighted by Gasteiger charge is -2.24. The zero-order valence-electron chi connectivity index (χ0n) is 14.1. The summed E-state index contributed by atoms with van der Waals surface area (Å²) in [5.41, 5.74) is 4.94. The number of nitrogens with zero attached hydrogens (tertiary/aromatic N) is 1. The second-order valence-electron chi connectivity index (χ2n) is 6.15. The molecule has 2 aromatic carbocycles. The minimum absolute atomic E-state index is 0.0586. The normalized spacial score (nSPS) is 14.8. The van der Waals surface area contributed by atoms with Crippen LogP contribution in [0.4, 0.5) is 4.39 Å².